The first kappa shape index (κ1) is 17.5. The highest BCUT2D eigenvalue weighted by Crippen LogP contribution is 2.27. The molecule has 0 aliphatic carbocycles. The summed E-state index contributed by atoms with van der Waals surface area (Å²) in [4.78, 5) is 16.6. The number of nitrogens with two attached hydrogens (primary N) is 1. The third-order valence-corrected chi connectivity index (χ3v) is 5.19. The first-order valence-electron chi connectivity index (χ1n) is 8.20. The minimum Gasteiger partial charge on any atom is -0.364 e. The van der Waals surface area contributed by atoms with E-state index in [-0.39, 0.29) is 5.69 Å². The van der Waals surface area contributed by atoms with Crippen molar-refractivity contribution in [2.24, 2.45) is 5.73 Å². The average molecular weight is 395 g/mol. The van der Waals surface area contributed by atoms with Gasteiger partial charge in [0.1, 0.15) is 5.69 Å². The molecule has 27 heavy (non-hydrogen) atoms. The minimum atomic E-state index is -0.560. The Labute approximate surface area is 165 Å². The standard InChI is InChI=1S/C20H15ClN4OS/c1-12-2-4-14(5-3-12)17-11-27-20(23-17)25-18(19(22)26)10-16(24-25)13-6-8-15(21)9-7-13/h2-11H,1H3,(H2,22,26). The van der Waals surface area contributed by atoms with Gasteiger partial charge in [0.2, 0.25) is 5.13 Å². The number of thiazole rings is 1. The molecule has 2 aromatic heterocycles. The fourth-order valence-corrected chi connectivity index (χ4v) is 3.60. The van der Waals surface area contributed by atoms with Crippen LogP contribution in [0.25, 0.3) is 27.6 Å². The maximum atomic E-state index is 11.9. The van der Waals surface area contributed by atoms with Gasteiger partial charge in [-0.25, -0.2) is 4.98 Å². The van der Waals surface area contributed by atoms with Crippen LogP contribution in [-0.2, 0) is 0 Å². The molecule has 5 nitrogen and oxygen atoms in total. The average Bonchev–Trinajstić information content (AvgIpc) is 3.30. The second-order valence-electron chi connectivity index (χ2n) is 6.08. The van der Waals surface area contributed by atoms with E-state index in [1.54, 1.807) is 18.2 Å². The van der Waals surface area contributed by atoms with Crippen LogP contribution in [0.3, 0.4) is 0 Å². The summed E-state index contributed by atoms with van der Waals surface area (Å²) >= 11 is 7.35. The van der Waals surface area contributed by atoms with E-state index >= 15 is 0 Å². The molecular formula is C20H15ClN4OS. The summed E-state index contributed by atoms with van der Waals surface area (Å²) < 4.78 is 1.49. The molecule has 2 aromatic carbocycles. The van der Waals surface area contributed by atoms with Gasteiger partial charge in [-0.3, -0.25) is 4.79 Å². The quantitative estimate of drug-likeness (QED) is 0.544. The summed E-state index contributed by atoms with van der Waals surface area (Å²) in [6.07, 6.45) is 0. The van der Waals surface area contributed by atoms with Gasteiger partial charge in [0.05, 0.1) is 11.4 Å². The molecule has 0 saturated heterocycles. The Bertz CT molecular complexity index is 1110. The number of aryl methyl sites for hydroxylation is 1. The van der Waals surface area contributed by atoms with Crippen molar-refractivity contribution in [2.75, 3.05) is 0 Å². The highest BCUT2D eigenvalue weighted by Gasteiger charge is 2.18. The maximum absolute atomic E-state index is 11.9. The van der Waals surface area contributed by atoms with Crippen LogP contribution in [0.5, 0.6) is 0 Å². The zero-order chi connectivity index (χ0) is 19.0. The van der Waals surface area contributed by atoms with Crippen LogP contribution in [0.15, 0.2) is 60.0 Å². The number of nitrogens with zero attached hydrogens (tertiary/aromatic N) is 3. The number of hydrogen-bond acceptors (Lipinski definition) is 4. The summed E-state index contributed by atoms with van der Waals surface area (Å²) in [5.41, 5.74) is 10.3. The van der Waals surface area contributed by atoms with Crippen LogP contribution >= 0.6 is 22.9 Å². The van der Waals surface area contributed by atoms with Crippen LogP contribution < -0.4 is 5.73 Å². The number of halogens is 1. The van der Waals surface area contributed by atoms with Gasteiger partial charge in [-0.2, -0.15) is 9.78 Å². The van der Waals surface area contributed by atoms with Crippen molar-refractivity contribution >= 4 is 28.8 Å². The van der Waals surface area contributed by atoms with E-state index < -0.39 is 5.91 Å². The summed E-state index contributed by atoms with van der Waals surface area (Å²) in [5.74, 6) is -0.560. The fourth-order valence-electron chi connectivity index (χ4n) is 2.68. The lowest BCUT2D eigenvalue weighted by Gasteiger charge is -2.00. The summed E-state index contributed by atoms with van der Waals surface area (Å²) in [6, 6.07) is 17.0. The van der Waals surface area contributed by atoms with E-state index in [1.807, 2.05) is 48.7 Å². The SMILES string of the molecule is Cc1ccc(-c2csc(-n3nc(-c4ccc(Cl)cc4)cc3C(N)=O)n2)cc1. The first-order valence-corrected chi connectivity index (χ1v) is 9.46. The first-order chi connectivity index (χ1) is 13.0. The molecule has 0 fully saturated rings. The molecule has 0 radical (unpaired) electrons. The van der Waals surface area contributed by atoms with E-state index in [4.69, 9.17) is 17.3 Å². The van der Waals surface area contributed by atoms with Gasteiger partial charge in [0.15, 0.2) is 0 Å². The van der Waals surface area contributed by atoms with Crippen LogP contribution in [0, 0.1) is 6.92 Å². The number of rotatable bonds is 4. The van der Waals surface area contributed by atoms with E-state index in [0.29, 0.717) is 15.8 Å². The summed E-state index contributed by atoms with van der Waals surface area (Å²) in [6.45, 7) is 2.04. The number of carbonyl (C=O) groups is 1. The van der Waals surface area contributed by atoms with Gasteiger partial charge >= 0.3 is 0 Å². The predicted molar refractivity (Wildman–Crippen MR) is 108 cm³/mol. The second kappa shape index (κ2) is 6.98. The summed E-state index contributed by atoms with van der Waals surface area (Å²) in [5, 5.41) is 7.70. The number of carbonyl (C=O) groups excluding carboxylic acids is 1. The van der Waals surface area contributed by atoms with Gasteiger partial charge in [0, 0.05) is 21.5 Å². The Balaban J connectivity index is 1.76. The number of aromatic nitrogens is 3. The Hall–Kier alpha value is -2.96. The fraction of sp³-hybridized carbons (Fsp3) is 0.0500. The third-order valence-electron chi connectivity index (χ3n) is 4.12. The lowest BCUT2D eigenvalue weighted by molar-refractivity contribution is 0.0993. The van der Waals surface area contributed by atoms with Gasteiger partial charge < -0.3 is 5.73 Å². The molecule has 1 amide bonds. The van der Waals surface area contributed by atoms with Crippen molar-refractivity contribution in [1.82, 2.24) is 14.8 Å². The minimum absolute atomic E-state index is 0.282. The molecule has 2 N–H and O–H groups in total. The van der Waals surface area contributed by atoms with Crippen molar-refractivity contribution in [1.29, 1.82) is 0 Å². The van der Waals surface area contributed by atoms with E-state index in [1.165, 1.54) is 21.6 Å². The van der Waals surface area contributed by atoms with Crippen LogP contribution in [-0.4, -0.2) is 20.7 Å². The monoisotopic (exact) mass is 394 g/mol. The van der Waals surface area contributed by atoms with Crippen molar-refractivity contribution in [3.8, 4) is 27.6 Å². The molecule has 0 atom stereocenters. The van der Waals surface area contributed by atoms with Gasteiger partial charge in [-0.05, 0) is 25.1 Å². The lowest BCUT2D eigenvalue weighted by Crippen LogP contribution is -2.16. The number of benzene rings is 2. The lowest BCUT2D eigenvalue weighted by atomic mass is 10.1. The van der Waals surface area contributed by atoms with Gasteiger partial charge in [-0.15, -0.1) is 11.3 Å². The molecule has 0 bridgehead atoms. The molecule has 4 rings (SSSR count). The van der Waals surface area contributed by atoms with Crippen molar-refractivity contribution in [3.63, 3.8) is 0 Å². The maximum Gasteiger partial charge on any atom is 0.267 e. The molecule has 0 aliphatic heterocycles. The zero-order valence-corrected chi connectivity index (χ0v) is 16.0. The van der Waals surface area contributed by atoms with Crippen molar-refractivity contribution < 1.29 is 4.79 Å². The van der Waals surface area contributed by atoms with E-state index in [2.05, 4.69) is 10.1 Å². The smallest absolute Gasteiger partial charge is 0.267 e. The third kappa shape index (κ3) is 3.49. The van der Waals surface area contributed by atoms with Crippen LogP contribution in [0.1, 0.15) is 16.1 Å². The predicted octanol–water partition coefficient (Wildman–Crippen LogP) is 4.72. The van der Waals surface area contributed by atoms with Crippen molar-refractivity contribution in [2.45, 2.75) is 6.92 Å². The Kier molecular flexibility index (Phi) is 4.51. The Morgan fingerprint density at radius 3 is 2.33 bits per heavy atom. The molecule has 0 saturated carbocycles. The second-order valence-corrected chi connectivity index (χ2v) is 7.35. The van der Waals surface area contributed by atoms with Crippen LogP contribution in [0.4, 0.5) is 0 Å². The van der Waals surface area contributed by atoms with Crippen LogP contribution in [0.2, 0.25) is 5.02 Å². The number of primary amides is 1. The summed E-state index contributed by atoms with van der Waals surface area (Å²) in [7, 11) is 0. The number of hydrogen-bond donors (Lipinski definition) is 1. The normalized spacial score (nSPS) is 10.9. The Morgan fingerprint density at radius 2 is 1.67 bits per heavy atom. The number of amides is 1. The zero-order valence-electron chi connectivity index (χ0n) is 14.4. The van der Waals surface area contributed by atoms with E-state index in [0.717, 1.165) is 16.8 Å². The van der Waals surface area contributed by atoms with E-state index in [9.17, 15) is 4.79 Å². The molecule has 0 unspecified atom stereocenters. The largest absolute Gasteiger partial charge is 0.364 e. The van der Waals surface area contributed by atoms with Gasteiger partial charge in [-0.1, -0.05) is 53.6 Å². The molecule has 0 spiro atoms. The molecule has 134 valence electrons. The molecule has 7 heteroatoms. The van der Waals surface area contributed by atoms with Gasteiger partial charge in [0.25, 0.3) is 5.91 Å². The highest BCUT2D eigenvalue weighted by molar-refractivity contribution is 7.12. The topological polar surface area (TPSA) is 73.8 Å². The molecule has 4 aromatic rings. The Morgan fingerprint density at radius 1 is 1.04 bits per heavy atom. The van der Waals surface area contributed by atoms with Crippen molar-refractivity contribution in [3.05, 3.63) is 76.3 Å². The molecular weight excluding hydrogens is 380 g/mol. The molecule has 0 aliphatic rings. The molecule has 2 heterocycles. The highest BCUT2D eigenvalue weighted by atomic mass is 35.5.